The van der Waals surface area contributed by atoms with E-state index in [1.54, 1.807) is 0 Å². The van der Waals surface area contributed by atoms with Crippen LogP contribution >= 0.6 is 0 Å². The molecular formula is C18H33NO4. The standard InChI is InChI=1S/C18H33NO4/c1-4-7-8-9-10-11-12-13-14-19-18(21)23-16(5-2)15-22-17(20)6-3/h6,16H,3-5,7-15H2,1-2H3,(H,19,21). The number of esters is 1. The van der Waals surface area contributed by atoms with Crippen molar-refractivity contribution in [2.24, 2.45) is 0 Å². The first-order valence-electron chi connectivity index (χ1n) is 8.87. The number of carbonyl (C=O) groups is 2. The lowest BCUT2D eigenvalue weighted by Crippen LogP contribution is -2.32. The van der Waals surface area contributed by atoms with Crippen LogP contribution in [0.15, 0.2) is 12.7 Å². The zero-order valence-corrected chi connectivity index (χ0v) is 14.8. The molecule has 1 atom stereocenters. The van der Waals surface area contributed by atoms with E-state index in [-0.39, 0.29) is 6.61 Å². The fourth-order valence-corrected chi connectivity index (χ4v) is 2.11. The lowest BCUT2D eigenvalue weighted by Gasteiger charge is -2.16. The van der Waals surface area contributed by atoms with Gasteiger partial charge in [0, 0.05) is 12.6 Å². The summed E-state index contributed by atoms with van der Waals surface area (Å²) in [4.78, 5) is 22.6. The molecule has 0 bridgehead atoms. The molecule has 0 fully saturated rings. The highest BCUT2D eigenvalue weighted by atomic mass is 16.6. The number of alkyl carbamates (subject to hydrolysis) is 1. The van der Waals surface area contributed by atoms with Gasteiger partial charge in [0.05, 0.1) is 0 Å². The van der Waals surface area contributed by atoms with Crippen molar-refractivity contribution in [3.63, 3.8) is 0 Å². The normalized spacial score (nSPS) is 11.6. The van der Waals surface area contributed by atoms with Gasteiger partial charge in [-0.2, -0.15) is 0 Å². The fourth-order valence-electron chi connectivity index (χ4n) is 2.11. The molecule has 1 N–H and O–H groups in total. The molecular weight excluding hydrogens is 294 g/mol. The van der Waals surface area contributed by atoms with Crippen molar-refractivity contribution in [1.29, 1.82) is 0 Å². The molecule has 0 aromatic heterocycles. The molecule has 0 rings (SSSR count). The molecule has 0 aliphatic rings. The summed E-state index contributed by atoms with van der Waals surface area (Å²) in [5.41, 5.74) is 0. The van der Waals surface area contributed by atoms with Crippen molar-refractivity contribution >= 4 is 12.1 Å². The van der Waals surface area contributed by atoms with Crippen molar-refractivity contribution in [3.8, 4) is 0 Å². The van der Waals surface area contributed by atoms with Gasteiger partial charge in [-0.05, 0) is 12.8 Å². The Kier molecular flexibility index (Phi) is 14.4. The Hall–Kier alpha value is -1.52. The number of amides is 1. The third-order valence-corrected chi connectivity index (χ3v) is 3.61. The lowest BCUT2D eigenvalue weighted by atomic mass is 10.1. The van der Waals surface area contributed by atoms with E-state index in [9.17, 15) is 9.59 Å². The summed E-state index contributed by atoms with van der Waals surface area (Å²) in [6.45, 7) is 8.09. The van der Waals surface area contributed by atoms with Crippen LogP contribution < -0.4 is 5.32 Å². The topological polar surface area (TPSA) is 64.6 Å². The van der Waals surface area contributed by atoms with Gasteiger partial charge in [0.2, 0.25) is 0 Å². The predicted molar refractivity (Wildman–Crippen MR) is 92.3 cm³/mol. The maximum atomic E-state index is 11.6. The average molecular weight is 327 g/mol. The highest BCUT2D eigenvalue weighted by Crippen LogP contribution is 2.08. The third kappa shape index (κ3) is 13.8. The molecule has 0 heterocycles. The highest BCUT2D eigenvalue weighted by molar-refractivity contribution is 5.81. The summed E-state index contributed by atoms with van der Waals surface area (Å²) in [5.74, 6) is -0.508. The van der Waals surface area contributed by atoms with Crippen LogP contribution in [0.3, 0.4) is 0 Å². The monoisotopic (exact) mass is 327 g/mol. The largest absolute Gasteiger partial charge is 0.459 e. The molecule has 1 unspecified atom stereocenters. The van der Waals surface area contributed by atoms with Crippen LogP contribution in [-0.4, -0.2) is 31.3 Å². The van der Waals surface area contributed by atoms with Crippen molar-refractivity contribution in [3.05, 3.63) is 12.7 Å². The molecule has 0 radical (unpaired) electrons. The number of rotatable bonds is 14. The van der Waals surface area contributed by atoms with Gasteiger partial charge in [-0.3, -0.25) is 0 Å². The van der Waals surface area contributed by atoms with Crippen LogP contribution in [0.5, 0.6) is 0 Å². The van der Waals surface area contributed by atoms with Gasteiger partial charge in [-0.1, -0.05) is 65.4 Å². The lowest BCUT2D eigenvalue weighted by molar-refractivity contribution is -0.140. The first-order valence-corrected chi connectivity index (χ1v) is 8.87. The Balaban J connectivity index is 3.57. The van der Waals surface area contributed by atoms with E-state index >= 15 is 0 Å². The van der Waals surface area contributed by atoms with Gasteiger partial charge in [0.1, 0.15) is 12.7 Å². The minimum Gasteiger partial charge on any atom is -0.459 e. The third-order valence-electron chi connectivity index (χ3n) is 3.61. The van der Waals surface area contributed by atoms with Gasteiger partial charge in [0.25, 0.3) is 0 Å². The van der Waals surface area contributed by atoms with Crippen molar-refractivity contribution in [2.75, 3.05) is 13.2 Å². The van der Waals surface area contributed by atoms with Gasteiger partial charge in [-0.15, -0.1) is 0 Å². The van der Waals surface area contributed by atoms with Crippen LogP contribution in [-0.2, 0) is 14.3 Å². The van der Waals surface area contributed by atoms with Crippen molar-refractivity contribution < 1.29 is 19.1 Å². The number of carbonyl (C=O) groups excluding carboxylic acids is 2. The van der Waals surface area contributed by atoms with Gasteiger partial charge in [0.15, 0.2) is 0 Å². The molecule has 5 heteroatoms. The van der Waals surface area contributed by atoms with Gasteiger partial charge >= 0.3 is 12.1 Å². The Morgan fingerprint density at radius 3 is 2.22 bits per heavy atom. The predicted octanol–water partition coefficient (Wildman–Crippen LogP) is 4.36. The number of hydrogen-bond donors (Lipinski definition) is 1. The zero-order chi connectivity index (χ0) is 17.3. The molecule has 1 amide bonds. The second-order valence-electron chi connectivity index (χ2n) is 5.67. The second kappa shape index (κ2) is 15.4. The van der Waals surface area contributed by atoms with E-state index in [0.29, 0.717) is 13.0 Å². The van der Waals surface area contributed by atoms with Crippen LogP contribution in [0.4, 0.5) is 4.79 Å². The summed E-state index contributed by atoms with van der Waals surface area (Å²) < 4.78 is 10.1. The molecule has 0 aromatic rings. The Morgan fingerprint density at radius 1 is 1.04 bits per heavy atom. The second-order valence-corrected chi connectivity index (χ2v) is 5.67. The summed E-state index contributed by atoms with van der Waals surface area (Å²) in [6.07, 6.45) is 10.6. The van der Waals surface area contributed by atoms with Gasteiger partial charge in [-0.25, -0.2) is 9.59 Å². The maximum absolute atomic E-state index is 11.6. The van der Waals surface area contributed by atoms with Gasteiger partial charge < -0.3 is 14.8 Å². The summed E-state index contributed by atoms with van der Waals surface area (Å²) in [5, 5.41) is 2.74. The molecule has 0 saturated heterocycles. The molecule has 0 saturated carbocycles. The van der Waals surface area contributed by atoms with Crippen molar-refractivity contribution in [2.45, 2.75) is 77.7 Å². The molecule has 0 aromatic carbocycles. The van der Waals surface area contributed by atoms with E-state index in [1.807, 2.05) is 6.92 Å². The van der Waals surface area contributed by atoms with Crippen LogP contribution in [0.2, 0.25) is 0 Å². The number of nitrogens with one attached hydrogen (secondary N) is 1. The number of hydrogen-bond acceptors (Lipinski definition) is 4. The zero-order valence-electron chi connectivity index (χ0n) is 14.8. The number of unbranched alkanes of at least 4 members (excludes halogenated alkanes) is 7. The van der Waals surface area contributed by atoms with E-state index < -0.39 is 18.2 Å². The molecule has 0 aliphatic carbocycles. The van der Waals surface area contributed by atoms with Crippen LogP contribution in [0, 0.1) is 0 Å². The SMILES string of the molecule is C=CC(=O)OCC(CC)OC(=O)NCCCCCCCCCC. The minimum absolute atomic E-state index is 0.0620. The van der Waals surface area contributed by atoms with E-state index in [4.69, 9.17) is 9.47 Å². The molecule has 23 heavy (non-hydrogen) atoms. The average Bonchev–Trinajstić information content (AvgIpc) is 2.56. The summed E-state index contributed by atoms with van der Waals surface area (Å²) in [6, 6.07) is 0. The molecule has 0 spiro atoms. The Morgan fingerprint density at radius 2 is 1.65 bits per heavy atom. The molecule has 0 aliphatic heterocycles. The van der Waals surface area contributed by atoms with E-state index in [2.05, 4.69) is 18.8 Å². The van der Waals surface area contributed by atoms with Crippen molar-refractivity contribution in [1.82, 2.24) is 5.32 Å². The number of ether oxygens (including phenoxy) is 2. The first kappa shape index (κ1) is 21.5. The highest BCUT2D eigenvalue weighted by Gasteiger charge is 2.13. The van der Waals surface area contributed by atoms with Crippen LogP contribution in [0.25, 0.3) is 0 Å². The maximum Gasteiger partial charge on any atom is 0.407 e. The molecule has 134 valence electrons. The molecule has 5 nitrogen and oxygen atoms in total. The van der Waals surface area contributed by atoms with Crippen LogP contribution in [0.1, 0.15) is 71.6 Å². The van der Waals surface area contributed by atoms with E-state index in [1.165, 1.54) is 38.5 Å². The van der Waals surface area contributed by atoms with E-state index in [0.717, 1.165) is 18.9 Å². The first-order chi connectivity index (χ1) is 11.1. The fraction of sp³-hybridized carbons (Fsp3) is 0.778. The summed E-state index contributed by atoms with van der Waals surface area (Å²) in [7, 11) is 0. The smallest absolute Gasteiger partial charge is 0.407 e. The minimum atomic E-state index is -0.508. The summed E-state index contributed by atoms with van der Waals surface area (Å²) >= 11 is 0. The quantitative estimate of drug-likeness (QED) is 0.292. The Bertz CT molecular complexity index is 331. The Labute approximate surface area is 140 Å².